The van der Waals surface area contributed by atoms with Crippen LogP contribution in [0.2, 0.25) is 0 Å². The fourth-order valence-electron chi connectivity index (χ4n) is 0.835. The van der Waals surface area contributed by atoms with Crippen molar-refractivity contribution in [2.45, 2.75) is 26.3 Å². The second-order valence-corrected chi connectivity index (χ2v) is 3.63. The van der Waals surface area contributed by atoms with Crippen molar-refractivity contribution in [3.8, 4) is 0 Å². The number of aromatic nitrogens is 3. The van der Waals surface area contributed by atoms with E-state index in [1.54, 1.807) is 20.8 Å². The van der Waals surface area contributed by atoms with Crippen LogP contribution in [0.15, 0.2) is 9.59 Å². The summed E-state index contributed by atoms with van der Waals surface area (Å²) >= 11 is 0. The van der Waals surface area contributed by atoms with Gasteiger partial charge >= 0.3 is 11.2 Å². The predicted molar refractivity (Wildman–Crippen MR) is 44.1 cm³/mol. The molecule has 1 N–H and O–H groups in total. The molecule has 0 atom stereocenters. The zero-order chi connectivity index (χ0) is 10.2. The Balaban J connectivity index is 3.51. The van der Waals surface area contributed by atoms with E-state index in [-0.39, 0.29) is 0 Å². The van der Waals surface area contributed by atoms with Crippen molar-refractivity contribution in [2.75, 3.05) is 0 Å². The Morgan fingerprint density at radius 3 is 2.38 bits per heavy atom. The van der Waals surface area contributed by atoms with E-state index in [9.17, 15) is 14.0 Å². The molecule has 5 nitrogen and oxygen atoms in total. The van der Waals surface area contributed by atoms with E-state index in [4.69, 9.17) is 0 Å². The molecule has 1 aromatic heterocycles. The molecule has 0 spiro atoms. The molecular formula is C7H10FN3O2. The smallest absolute Gasteiger partial charge is 0.269 e. The first-order valence-electron chi connectivity index (χ1n) is 3.72. The summed E-state index contributed by atoms with van der Waals surface area (Å²) in [7, 11) is 0. The number of nitrogens with one attached hydrogen (secondary N) is 1. The van der Waals surface area contributed by atoms with E-state index < -0.39 is 22.7 Å². The van der Waals surface area contributed by atoms with Gasteiger partial charge in [-0.1, -0.05) is 0 Å². The number of hydrogen-bond donors (Lipinski definition) is 1. The first-order chi connectivity index (χ1) is 5.82. The minimum atomic E-state index is -1.20. The lowest BCUT2D eigenvalue weighted by molar-refractivity contribution is 0.305. The lowest BCUT2D eigenvalue weighted by Crippen LogP contribution is -2.42. The highest BCUT2D eigenvalue weighted by atomic mass is 19.1. The number of halogens is 1. The van der Waals surface area contributed by atoms with Gasteiger partial charge in [-0.25, -0.2) is 9.48 Å². The van der Waals surface area contributed by atoms with E-state index in [2.05, 4.69) is 5.10 Å². The predicted octanol–water partition coefficient (Wildman–Crippen LogP) is -0.174. The summed E-state index contributed by atoms with van der Waals surface area (Å²) < 4.78 is 13.6. The largest absolute Gasteiger partial charge is 0.345 e. The van der Waals surface area contributed by atoms with Gasteiger partial charge < -0.3 is 0 Å². The minimum Gasteiger partial charge on any atom is -0.269 e. The van der Waals surface area contributed by atoms with E-state index >= 15 is 0 Å². The average molecular weight is 187 g/mol. The van der Waals surface area contributed by atoms with Gasteiger partial charge in [0, 0.05) is 0 Å². The first-order valence-corrected chi connectivity index (χ1v) is 3.72. The summed E-state index contributed by atoms with van der Waals surface area (Å²) in [5.41, 5.74) is -2.45. The molecule has 0 unspecified atom stereocenters. The molecule has 0 saturated heterocycles. The van der Waals surface area contributed by atoms with Crippen LogP contribution < -0.4 is 11.2 Å². The highest BCUT2D eigenvalue weighted by Gasteiger charge is 2.18. The van der Waals surface area contributed by atoms with E-state index in [1.807, 2.05) is 4.98 Å². The van der Waals surface area contributed by atoms with Gasteiger partial charge in [0.1, 0.15) is 0 Å². The summed E-state index contributed by atoms with van der Waals surface area (Å²) in [6.07, 6.45) is 0. The van der Waals surface area contributed by atoms with Gasteiger partial charge in [-0.3, -0.25) is 9.78 Å². The van der Waals surface area contributed by atoms with Crippen molar-refractivity contribution in [3.05, 3.63) is 26.8 Å². The monoisotopic (exact) mass is 187 g/mol. The molecule has 0 fully saturated rings. The molecular weight excluding hydrogens is 177 g/mol. The number of rotatable bonds is 0. The lowest BCUT2D eigenvalue weighted by Gasteiger charge is -2.18. The third kappa shape index (κ3) is 1.82. The molecule has 72 valence electrons. The number of nitrogens with zero attached hydrogens (tertiary/aromatic N) is 2. The molecule has 1 rings (SSSR count). The van der Waals surface area contributed by atoms with Gasteiger partial charge in [0.2, 0.25) is 0 Å². The Kier molecular flexibility index (Phi) is 2.07. The summed E-state index contributed by atoms with van der Waals surface area (Å²) in [5.74, 6) is -1.20. The molecule has 0 aliphatic heterocycles. The third-order valence-electron chi connectivity index (χ3n) is 1.42. The Bertz CT molecular complexity index is 427. The van der Waals surface area contributed by atoms with Gasteiger partial charge in [0.15, 0.2) is 0 Å². The maximum absolute atomic E-state index is 12.7. The van der Waals surface area contributed by atoms with Gasteiger partial charge in [-0.15, -0.1) is 5.10 Å². The van der Waals surface area contributed by atoms with Gasteiger partial charge in [-0.2, -0.15) is 4.39 Å². The molecule has 0 aliphatic carbocycles. The van der Waals surface area contributed by atoms with Gasteiger partial charge in [0.25, 0.3) is 5.95 Å². The zero-order valence-corrected chi connectivity index (χ0v) is 7.59. The second kappa shape index (κ2) is 2.79. The summed E-state index contributed by atoms with van der Waals surface area (Å²) in [6, 6.07) is 0. The third-order valence-corrected chi connectivity index (χ3v) is 1.42. The van der Waals surface area contributed by atoms with Crippen LogP contribution in [0.25, 0.3) is 0 Å². The Morgan fingerprint density at radius 2 is 1.92 bits per heavy atom. The molecule has 0 aliphatic rings. The van der Waals surface area contributed by atoms with Crippen LogP contribution in [0.4, 0.5) is 4.39 Å². The fraction of sp³-hybridized carbons (Fsp3) is 0.571. The minimum absolute atomic E-state index is 0.651. The van der Waals surface area contributed by atoms with Crippen LogP contribution in [0.3, 0.4) is 0 Å². The lowest BCUT2D eigenvalue weighted by atomic mass is 10.1. The highest BCUT2D eigenvalue weighted by molar-refractivity contribution is 4.78. The van der Waals surface area contributed by atoms with Crippen LogP contribution in [-0.4, -0.2) is 14.8 Å². The maximum atomic E-state index is 12.7. The fourth-order valence-corrected chi connectivity index (χ4v) is 0.835. The second-order valence-electron chi connectivity index (χ2n) is 3.63. The molecule has 6 heteroatoms. The number of hydrogen-bond acceptors (Lipinski definition) is 3. The SMILES string of the molecule is CC(C)(C)n1nc(F)c(=O)[nH]c1=O. The summed E-state index contributed by atoms with van der Waals surface area (Å²) in [4.78, 5) is 23.6. The molecule has 0 amide bonds. The molecule has 13 heavy (non-hydrogen) atoms. The first kappa shape index (κ1) is 9.63. The van der Waals surface area contributed by atoms with Crippen LogP contribution >= 0.6 is 0 Å². The van der Waals surface area contributed by atoms with Crippen molar-refractivity contribution in [1.29, 1.82) is 0 Å². The number of H-pyrrole nitrogens is 1. The molecule has 0 saturated carbocycles. The zero-order valence-electron chi connectivity index (χ0n) is 7.59. The molecule has 1 heterocycles. The van der Waals surface area contributed by atoms with Crippen molar-refractivity contribution < 1.29 is 4.39 Å². The Hall–Kier alpha value is -1.46. The maximum Gasteiger partial charge on any atom is 0.345 e. The molecule has 1 aromatic rings. The van der Waals surface area contributed by atoms with Crippen LogP contribution in [0.5, 0.6) is 0 Å². The molecule has 0 aromatic carbocycles. The van der Waals surface area contributed by atoms with Crippen molar-refractivity contribution in [2.24, 2.45) is 0 Å². The van der Waals surface area contributed by atoms with Crippen LogP contribution in [-0.2, 0) is 5.54 Å². The Morgan fingerprint density at radius 1 is 1.38 bits per heavy atom. The summed E-state index contributed by atoms with van der Waals surface area (Å²) in [6.45, 7) is 5.04. The van der Waals surface area contributed by atoms with Crippen molar-refractivity contribution in [3.63, 3.8) is 0 Å². The normalized spacial score (nSPS) is 11.7. The van der Waals surface area contributed by atoms with Gasteiger partial charge in [0.05, 0.1) is 5.54 Å². The topological polar surface area (TPSA) is 67.8 Å². The average Bonchev–Trinajstić information content (AvgIpc) is 1.94. The van der Waals surface area contributed by atoms with Crippen LogP contribution in [0.1, 0.15) is 20.8 Å². The van der Waals surface area contributed by atoms with Crippen molar-refractivity contribution in [1.82, 2.24) is 14.8 Å². The number of aromatic amines is 1. The van der Waals surface area contributed by atoms with E-state index in [1.165, 1.54) is 0 Å². The van der Waals surface area contributed by atoms with E-state index in [0.717, 1.165) is 4.68 Å². The highest BCUT2D eigenvalue weighted by Crippen LogP contribution is 2.06. The molecule has 0 radical (unpaired) electrons. The quantitative estimate of drug-likeness (QED) is 0.613. The molecule has 0 bridgehead atoms. The van der Waals surface area contributed by atoms with E-state index in [0.29, 0.717) is 0 Å². The Labute approximate surface area is 73.2 Å². The van der Waals surface area contributed by atoms with Crippen molar-refractivity contribution >= 4 is 0 Å². The van der Waals surface area contributed by atoms with Gasteiger partial charge in [-0.05, 0) is 20.8 Å². The standard InChI is InChI=1S/C7H10FN3O2/c1-7(2,3)11-6(13)9-5(12)4(8)10-11/h1-3H3,(H,9,12,13). The summed E-state index contributed by atoms with van der Waals surface area (Å²) in [5, 5.41) is 3.24. The van der Waals surface area contributed by atoms with Crippen LogP contribution in [0, 0.1) is 5.95 Å².